The molecule has 1 aliphatic carbocycles. The fourth-order valence-corrected chi connectivity index (χ4v) is 5.43. The molecular weight excluding hydrogens is 469 g/mol. The van der Waals surface area contributed by atoms with Crippen molar-refractivity contribution in [1.29, 1.82) is 0 Å². The van der Waals surface area contributed by atoms with E-state index in [1.807, 2.05) is 6.07 Å². The van der Waals surface area contributed by atoms with E-state index in [1.165, 1.54) is 23.5 Å². The lowest BCUT2D eigenvalue weighted by molar-refractivity contribution is -0.145. The molecule has 1 saturated carbocycles. The normalized spacial score (nSPS) is 20.2. The monoisotopic (exact) mass is 485 g/mol. The van der Waals surface area contributed by atoms with Gasteiger partial charge in [0.25, 0.3) is 10.0 Å². The Balaban J connectivity index is 1.96. The second-order valence-electron chi connectivity index (χ2n) is 6.32. The van der Waals surface area contributed by atoms with E-state index in [0.29, 0.717) is 24.3 Å². The Kier molecular flexibility index (Phi) is 4.14. The van der Waals surface area contributed by atoms with Gasteiger partial charge in [-0.25, -0.2) is 17.5 Å². The first-order chi connectivity index (χ1) is 12.4. The number of sulfonamides is 1. The average molecular weight is 485 g/mol. The lowest BCUT2D eigenvalue weighted by atomic mass is 10.1. The van der Waals surface area contributed by atoms with Crippen LogP contribution in [-0.4, -0.2) is 33.1 Å². The van der Waals surface area contributed by atoms with Crippen molar-refractivity contribution in [3.63, 3.8) is 0 Å². The predicted octanol–water partition coefficient (Wildman–Crippen LogP) is 2.95. The van der Waals surface area contributed by atoms with Gasteiger partial charge in [0, 0.05) is 3.57 Å². The molecule has 0 bridgehead atoms. The fourth-order valence-electron chi connectivity index (χ4n) is 3.27. The van der Waals surface area contributed by atoms with E-state index in [2.05, 4.69) is 22.6 Å². The number of rotatable bonds is 3. The largest absolute Gasteiger partial charge is 0.482 e. The Morgan fingerprint density at radius 2 is 1.92 bits per heavy atom. The van der Waals surface area contributed by atoms with E-state index in [9.17, 15) is 13.2 Å². The van der Waals surface area contributed by atoms with Crippen LogP contribution in [0.3, 0.4) is 0 Å². The molecule has 0 radical (unpaired) electrons. The zero-order valence-corrected chi connectivity index (χ0v) is 16.9. The highest BCUT2D eigenvalue weighted by Gasteiger charge is 2.63. The van der Waals surface area contributed by atoms with Gasteiger partial charge < -0.3 is 9.47 Å². The van der Waals surface area contributed by atoms with Crippen molar-refractivity contribution in [3.05, 3.63) is 52.1 Å². The number of ether oxygens (including phenoxy) is 2. The highest BCUT2D eigenvalue weighted by Crippen LogP contribution is 2.54. The van der Waals surface area contributed by atoms with E-state index >= 15 is 0 Å². The third-order valence-corrected chi connectivity index (χ3v) is 7.14. The Bertz CT molecular complexity index is 972. The van der Waals surface area contributed by atoms with Crippen LogP contribution in [0.5, 0.6) is 5.75 Å². The Morgan fingerprint density at radius 3 is 2.54 bits per heavy atom. The smallest absolute Gasteiger partial charge is 0.333 e. The molecule has 0 saturated heterocycles. The van der Waals surface area contributed by atoms with Crippen molar-refractivity contribution in [2.24, 2.45) is 0 Å². The van der Waals surface area contributed by atoms with Gasteiger partial charge in [0.15, 0.2) is 6.04 Å². The molecule has 1 spiro atoms. The zero-order valence-electron chi connectivity index (χ0n) is 13.9. The van der Waals surface area contributed by atoms with Crippen LogP contribution < -0.4 is 9.04 Å². The maximum absolute atomic E-state index is 13.5. The van der Waals surface area contributed by atoms with Crippen LogP contribution in [0.1, 0.15) is 12.8 Å². The molecule has 2 aromatic carbocycles. The molecule has 0 N–H and O–H groups in total. The SMILES string of the molecule is COC(=O)C1N(S(=O)(=O)c2ccccc2)c2cc(I)ccc2OC12CC2. The molecule has 2 aromatic rings. The van der Waals surface area contributed by atoms with Crippen LogP contribution in [0.25, 0.3) is 0 Å². The third kappa shape index (κ3) is 2.66. The summed E-state index contributed by atoms with van der Waals surface area (Å²) in [5.74, 6) is -0.158. The summed E-state index contributed by atoms with van der Waals surface area (Å²) in [5, 5.41) is 0. The van der Waals surface area contributed by atoms with Crippen LogP contribution in [0, 0.1) is 3.57 Å². The number of nitrogens with zero attached hydrogens (tertiary/aromatic N) is 1. The van der Waals surface area contributed by atoms with Crippen LogP contribution in [0.4, 0.5) is 5.69 Å². The predicted molar refractivity (Wildman–Crippen MR) is 104 cm³/mol. The molecule has 8 heteroatoms. The fraction of sp³-hybridized carbons (Fsp3) is 0.278. The van der Waals surface area contributed by atoms with Crippen LogP contribution >= 0.6 is 22.6 Å². The summed E-state index contributed by atoms with van der Waals surface area (Å²) in [7, 11) is -2.72. The van der Waals surface area contributed by atoms with E-state index in [-0.39, 0.29) is 4.90 Å². The quantitative estimate of drug-likeness (QED) is 0.494. The van der Waals surface area contributed by atoms with E-state index in [4.69, 9.17) is 9.47 Å². The summed E-state index contributed by atoms with van der Waals surface area (Å²) in [6.07, 6.45) is 1.19. The van der Waals surface area contributed by atoms with Crippen molar-refractivity contribution in [3.8, 4) is 5.75 Å². The third-order valence-electron chi connectivity index (χ3n) is 4.67. The number of fused-ring (bicyclic) bond motifs is 1. The number of hydrogen-bond acceptors (Lipinski definition) is 5. The minimum Gasteiger partial charge on any atom is -0.482 e. The van der Waals surface area contributed by atoms with Crippen molar-refractivity contribution >= 4 is 44.3 Å². The van der Waals surface area contributed by atoms with Gasteiger partial charge in [-0.2, -0.15) is 0 Å². The summed E-state index contributed by atoms with van der Waals surface area (Å²) in [4.78, 5) is 12.7. The highest BCUT2D eigenvalue weighted by molar-refractivity contribution is 14.1. The Morgan fingerprint density at radius 1 is 1.23 bits per heavy atom. The first kappa shape index (κ1) is 17.6. The number of benzene rings is 2. The van der Waals surface area contributed by atoms with Crippen LogP contribution in [0.15, 0.2) is 53.4 Å². The summed E-state index contributed by atoms with van der Waals surface area (Å²) >= 11 is 2.10. The van der Waals surface area contributed by atoms with Gasteiger partial charge in [-0.15, -0.1) is 0 Å². The Hall–Kier alpha value is -1.81. The number of hydrogen-bond donors (Lipinski definition) is 0. The van der Waals surface area contributed by atoms with Crippen molar-refractivity contribution in [2.45, 2.75) is 29.4 Å². The van der Waals surface area contributed by atoms with Crippen LogP contribution in [-0.2, 0) is 19.6 Å². The zero-order chi connectivity index (χ0) is 18.5. The number of halogens is 1. The van der Waals surface area contributed by atoms with E-state index in [1.54, 1.807) is 30.3 Å². The maximum Gasteiger partial charge on any atom is 0.333 e. The molecule has 0 aromatic heterocycles. The van der Waals surface area contributed by atoms with Crippen LogP contribution in [0.2, 0.25) is 0 Å². The maximum atomic E-state index is 13.5. The molecular formula is C18H16INO5S. The second-order valence-corrected chi connectivity index (χ2v) is 9.38. The summed E-state index contributed by atoms with van der Waals surface area (Å²) in [6, 6.07) is 12.4. The molecule has 1 heterocycles. The molecule has 0 amide bonds. The van der Waals surface area contributed by atoms with Crippen molar-refractivity contribution < 1.29 is 22.7 Å². The minimum atomic E-state index is -3.98. The van der Waals surface area contributed by atoms with E-state index < -0.39 is 27.6 Å². The van der Waals surface area contributed by atoms with E-state index in [0.717, 1.165) is 3.57 Å². The highest BCUT2D eigenvalue weighted by atomic mass is 127. The number of carbonyl (C=O) groups is 1. The molecule has 6 nitrogen and oxygen atoms in total. The first-order valence-corrected chi connectivity index (χ1v) is 10.6. The topological polar surface area (TPSA) is 72.9 Å². The molecule has 26 heavy (non-hydrogen) atoms. The average Bonchev–Trinajstić information content (AvgIpc) is 3.40. The molecule has 2 aliphatic rings. The molecule has 1 aliphatic heterocycles. The van der Waals surface area contributed by atoms with Gasteiger partial charge in [-0.1, -0.05) is 18.2 Å². The van der Waals surface area contributed by atoms with Crippen molar-refractivity contribution in [2.75, 3.05) is 11.4 Å². The first-order valence-electron chi connectivity index (χ1n) is 8.05. The van der Waals surface area contributed by atoms with Gasteiger partial charge in [-0.05, 0) is 65.8 Å². The number of anilines is 1. The van der Waals surface area contributed by atoms with Gasteiger partial charge in [-0.3, -0.25) is 0 Å². The number of methoxy groups -OCH3 is 1. The molecule has 1 unspecified atom stereocenters. The second kappa shape index (κ2) is 6.12. The van der Waals surface area contributed by atoms with Gasteiger partial charge in [0.1, 0.15) is 11.4 Å². The lowest BCUT2D eigenvalue weighted by Gasteiger charge is -2.41. The van der Waals surface area contributed by atoms with Gasteiger partial charge in [0.2, 0.25) is 0 Å². The van der Waals surface area contributed by atoms with Gasteiger partial charge >= 0.3 is 5.97 Å². The summed E-state index contributed by atoms with van der Waals surface area (Å²) < 4.78 is 40.0. The van der Waals surface area contributed by atoms with Gasteiger partial charge in [0.05, 0.1) is 17.7 Å². The Labute approximate surface area is 165 Å². The molecule has 136 valence electrons. The number of carbonyl (C=O) groups excluding carboxylic acids is 1. The molecule has 4 rings (SSSR count). The van der Waals surface area contributed by atoms with Crippen molar-refractivity contribution in [1.82, 2.24) is 0 Å². The summed E-state index contributed by atoms with van der Waals surface area (Å²) in [5.41, 5.74) is -0.511. The molecule has 1 fully saturated rings. The number of esters is 1. The minimum absolute atomic E-state index is 0.122. The molecule has 1 atom stereocenters. The lowest BCUT2D eigenvalue weighted by Crippen LogP contribution is -2.58. The summed E-state index contributed by atoms with van der Waals surface area (Å²) in [6.45, 7) is 0. The standard InChI is InChI=1S/C18H16INO5S/c1-24-17(21)16-18(9-10-18)25-15-8-7-12(19)11-14(15)20(16)26(22,23)13-5-3-2-4-6-13/h2-8,11,16H,9-10H2,1H3.